The van der Waals surface area contributed by atoms with Crippen molar-refractivity contribution >= 4 is 5.69 Å². The maximum absolute atomic E-state index is 10.7. The van der Waals surface area contributed by atoms with Crippen LogP contribution in [0.4, 0.5) is 5.69 Å². The monoisotopic (exact) mass is 218 g/mol. The smallest absolute Gasteiger partial charge is 0.272 e. The highest BCUT2D eigenvalue weighted by molar-refractivity contribution is 5.60. The van der Waals surface area contributed by atoms with E-state index in [-0.39, 0.29) is 5.69 Å². The van der Waals surface area contributed by atoms with Gasteiger partial charge in [0.2, 0.25) is 0 Å². The van der Waals surface area contributed by atoms with Crippen molar-refractivity contribution in [2.75, 3.05) is 0 Å². The van der Waals surface area contributed by atoms with E-state index in [0.717, 1.165) is 5.56 Å². The molecule has 2 aromatic rings. The van der Waals surface area contributed by atoms with Crippen molar-refractivity contribution in [1.82, 2.24) is 14.8 Å². The highest BCUT2D eigenvalue weighted by Crippen LogP contribution is 2.24. The predicted molar refractivity (Wildman–Crippen MR) is 57.8 cm³/mol. The number of nitro benzene ring substituents is 1. The summed E-state index contributed by atoms with van der Waals surface area (Å²) in [6, 6.07) is 4.90. The van der Waals surface area contributed by atoms with Gasteiger partial charge in [-0.05, 0) is 19.1 Å². The SMILES string of the molecule is Cc1cc(-c2nncn2C)ccc1[N+](=O)[O-]. The minimum atomic E-state index is -0.393. The molecule has 0 radical (unpaired) electrons. The molecule has 6 heteroatoms. The molecule has 6 nitrogen and oxygen atoms in total. The lowest BCUT2D eigenvalue weighted by Crippen LogP contribution is -1.95. The summed E-state index contributed by atoms with van der Waals surface area (Å²) in [5.74, 6) is 0.693. The summed E-state index contributed by atoms with van der Waals surface area (Å²) >= 11 is 0. The molecule has 0 fully saturated rings. The Kier molecular flexibility index (Phi) is 2.40. The van der Waals surface area contributed by atoms with Gasteiger partial charge in [0.25, 0.3) is 5.69 Å². The minimum Gasteiger partial charge on any atom is -0.317 e. The van der Waals surface area contributed by atoms with E-state index in [0.29, 0.717) is 11.4 Å². The lowest BCUT2D eigenvalue weighted by molar-refractivity contribution is -0.385. The largest absolute Gasteiger partial charge is 0.317 e. The van der Waals surface area contributed by atoms with Gasteiger partial charge in [0, 0.05) is 24.2 Å². The van der Waals surface area contributed by atoms with Crippen LogP contribution >= 0.6 is 0 Å². The molecule has 0 spiro atoms. The van der Waals surface area contributed by atoms with E-state index in [1.807, 2.05) is 7.05 Å². The molecule has 0 aliphatic heterocycles. The second kappa shape index (κ2) is 3.73. The van der Waals surface area contributed by atoms with Crippen molar-refractivity contribution in [3.05, 3.63) is 40.2 Å². The zero-order chi connectivity index (χ0) is 11.7. The zero-order valence-corrected chi connectivity index (χ0v) is 8.91. The number of nitro groups is 1. The Morgan fingerprint density at radius 1 is 1.44 bits per heavy atom. The lowest BCUT2D eigenvalue weighted by Gasteiger charge is -2.02. The van der Waals surface area contributed by atoms with E-state index in [4.69, 9.17) is 0 Å². The number of aryl methyl sites for hydroxylation is 2. The fourth-order valence-corrected chi connectivity index (χ4v) is 1.54. The Bertz CT molecular complexity index is 548. The zero-order valence-electron chi connectivity index (χ0n) is 8.91. The van der Waals surface area contributed by atoms with E-state index in [9.17, 15) is 10.1 Å². The van der Waals surface area contributed by atoms with Crippen molar-refractivity contribution < 1.29 is 4.92 Å². The Hall–Kier alpha value is -2.24. The molecule has 16 heavy (non-hydrogen) atoms. The average Bonchev–Trinajstić information content (AvgIpc) is 2.63. The first-order chi connectivity index (χ1) is 7.59. The summed E-state index contributed by atoms with van der Waals surface area (Å²) in [5, 5.41) is 18.4. The van der Waals surface area contributed by atoms with Crippen LogP contribution in [-0.2, 0) is 7.05 Å². The number of hydrogen-bond acceptors (Lipinski definition) is 4. The maximum Gasteiger partial charge on any atom is 0.272 e. The van der Waals surface area contributed by atoms with Crippen LogP contribution in [0.2, 0.25) is 0 Å². The molecule has 0 atom stereocenters. The van der Waals surface area contributed by atoms with Gasteiger partial charge in [0.1, 0.15) is 6.33 Å². The summed E-state index contributed by atoms with van der Waals surface area (Å²) in [6.45, 7) is 1.71. The molecular formula is C10H10N4O2. The third kappa shape index (κ3) is 1.65. The maximum atomic E-state index is 10.7. The molecule has 2 rings (SSSR count). The van der Waals surface area contributed by atoms with Crippen molar-refractivity contribution in [2.45, 2.75) is 6.92 Å². The van der Waals surface area contributed by atoms with Crippen molar-refractivity contribution in [3.8, 4) is 11.4 Å². The normalized spacial score (nSPS) is 10.4. The molecule has 0 unspecified atom stereocenters. The molecule has 1 aromatic heterocycles. The first-order valence-corrected chi connectivity index (χ1v) is 4.69. The summed E-state index contributed by atoms with van der Waals surface area (Å²) in [6.07, 6.45) is 1.59. The minimum absolute atomic E-state index is 0.117. The fourth-order valence-electron chi connectivity index (χ4n) is 1.54. The number of aromatic nitrogens is 3. The van der Waals surface area contributed by atoms with Crippen LogP contribution < -0.4 is 0 Å². The van der Waals surface area contributed by atoms with Gasteiger partial charge in [-0.1, -0.05) is 0 Å². The van der Waals surface area contributed by atoms with Crippen LogP contribution in [0.25, 0.3) is 11.4 Å². The van der Waals surface area contributed by atoms with Gasteiger partial charge >= 0.3 is 0 Å². The molecule has 82 valence electrons. The molecule has 1 aromatic carbocycles. The standard InChI is InChI=1S/C10H10N4O2/c1-7-5-8(3-4-9(7)14(15)16)10-12-11-6-13(10)2/h3-6H,1-2H3. The molecule has 0 bridgehead atoms. The van der Waals surface area contributed by atoms with Gasteiger partial charge < -0.3 is 4.57 Å². The molecule has 0 aliphatic rings. The van der Waals surface area contributed by atoms with Crippen LogP contribution in [0, 0.1) is 17.0 Å². The number of hydrogen-bond donors (Lipinski definition) is 0. The molecule has 0 saturated carbocycles. The highest BCUT2D eigenvalue weighted by atomic mass is 16.6. The first kappa shape index (κ1) is 10.3. The van der Waals surface area contributed by atoms with Crippen molar-refractivity contribution in [2.24, 2.45) is 7.05 Å². The predicted octanol–water partition coefficient (Wildman–Crippen LogP) is 1.70. The second-order valence-corrected chi connectivity index (χ2v) is 3.52. The van der Waals surface area contributed by atoms with E-state index in [1.54, 1.807) is 30.0 Å². The summed E-state index contributed by atoms with van der Waals surface area (Å²) in [5.41, 5.74) is 1.56. The van der Waals surface area contributed by atoms with Crippen LogP contribution in [0.15, 0.2) is 24.5 Å². The van der Waals surface area contributed by atoms with Gasteiger partial charge in [0.05, 0.1) is 4.92 Å². The Morgan fingerprint density at radius 3 is 2.69 bits per heavy atom. The van der Waals surface area contributed by atoms with Crippen LogP contribution in [-0.4, -0.2) is 19.7 Å². The van der Waals surface area contributed by atoms with E-state index in [2.05, 4.69) is 10.2 Å². The van der Waals surface area contributed by atoms with Crippen molar-refractivity contribution in [3.63, 3.8) is 0 Å². The topological polar surface area (TPSA) is 73.8 Å². The van der Waals surface area contributed by atoms with Gasteiger partial charge in [-0.2, -0.15) is 0 Å². The van der Waals surface area contributed by atoms with Gasteiger partial charge in [-0.3, -0.25) is 10.1 Å². The van der Waals surface area contributed by atoms with Crippen LogP contribution in [0.3, 0.4) is 0 Å². The Balaban J connectivity index is 2.50. The first-order valence-electron chi connectivity index (χ1n) is 4.69. The van der Waals surface area contributed by atoms with Gasteiger partial charge in [-0.15, -0.1) is 10.2 Å². The molecular weight excluding hydrogens is 208 g/mol. The molecule has 0 N–H and O–H groups in total. The van der Waals surface area contributed by atoms with Crippen LogP contribution in [0.5, 0.6) is 0 Å². The lowest BCUT2D eigenvalue weighted by atomic mass is 10.1. The summed E-state index contributed by atoms with van der Waals surface area (Å²) in [7, 11) is 1.83. The third-order valence-corrected chi connectivity index (χ3v) is 2.36. The fraction of sp³-hybridized carbons (Fsp3) is 0.200. The van der Waals surface area contributed by atoms with E-state index < -0.39 is 4.92 Å². The number of benzene rings is 1. The quantitative estimate of drug-likeness (QED) is 0.568. The molecule has 1 heterocycles. The second-order valence-electron chi connectivity index (χ2n) is 3.52. The molecule has 0 saturated heterocycles. The van der Waals surface area contributed by atoms with Gasteiger partial charge in [0.15, 0.2) is 5.82 Å². The van der Waals surface area contributed by atoms with E-state index >= 15 is 0 Å². The number of rotatable bonds is 2. The van der Waals surface area contributed by atoms with Gasteiger partial charge in [-0.25, -0.2) is 0 Å². The van der Waals surface area contributed by atoms with E-state index in [1.165, 1.54) is 6.07 Å². The highest BCUT2D eigenvalue weighted by Gasteiger charge is 2.12. The third-order valence-electron chi connectivity index (χ3n) is 2.36. The Morgan fingerprint density at radius 2 is 2.19 bits per heavy atom. The molecule has 0 aliphatic carbocycles. The van der Waals surface area contributed by atoms with Crippen LogP contribution in [0.1, 0.15) is 5.56 Å². The number of nitrogens with zero attached hydrogens (tertiary/aromatic N) is 4. The summed E-state index contributed by atoms with van der Waals surface area (Å²) < 4.78 is 1.76. The summed E-state index contributed by atoms with van der Waals surface area (Å²) in [4.78, 5) is 10.3. The Labute approximate surface area is 91.7 Å². The average molecular weight is 218 g/mol. The molecule has 0 amide bonds. The van der Waals surface area contributed by atoms with Crippen molar-refractivity contribution in [1.29, 1.82) is 0 Å².